The zero-order valence-electron chi connectivity index (χ0n) is 12.3. The van der Waals surface area contributed by atoms with Gasteiger partial charge in [-0.05, 0) is 19.1 Å². The van der Waals surface area contributed by atoms with Crippen LogP contribution in [0.4, 0.5) is 30.8 Å². The lowest BCUT2D eigenvalue weighted by molar-refractivity contribution is -0.137. The van der Waals surface area contributed by atoms with Crippen molar-refractivity contribution in [2.45, 2.75) is 23.5 Å². The molecule has 1 atom stereocenters. The van der Waals surface area contributed by atoms with Crippen LogP contribution in [0.1, 0.15) is 12.5 Å². The highest BCUT2D eigenvalue weighted by molar-refractivity contribution is 8.00. The van der Waals surface area contributed by atoms with Gasteiger partial charge < -0.3 is 16.8 Å². The molecular weight excluding hydrogens is 345 g/mol. The first-order valence-electron chi connectivity index (χ1n) is 6.57. The number of hydrogen-bond donors (Lipinski definition) is 3. The standard InChI is InChI=1S/C13H13F3N6OS/c1-6(24-12-21-10(17)20-11(18)22-12)9(23)19-8-5-3-2-4-7(8)13(14,15)16/h2-6H,1H3,(H,19,23)(H4,17,18,20,21,22)/t6-/m1/s1. The highest BCUT2D eigenvalue weighted by Crippen LogP contribution is 2.35. The van der Waals surface area contributed by atoms with Crippen molar-refractivity contribution in [3.05, 3.63) is 29.8 Å². The van der Waals surface area contributed by atoms with Crippen LogP contribution in [0.3, 0.4) is 0 Å². The normalized spacial score (nSPS) is 12.7. The molecule has 0 aliphatic rings. The van der Waals surface area contributed by atoms with Gasteiger partial charge in [-0.3, -0.25) is 4.79 Å². The number of nitrogen functional groups attached to an aromatic ring is 2. The van der Waals surface area contributed by atoms with Gasteiger partial charge in [-0.2, -0.15) is 28.1 Å². The fourth-order valence-electron chi connectivity index (χ4n) is 1.73. The second-order valence-electron chi connectivity index (χ2n) is 4.63. The molecule has 1 aromatic heterocycles. The maximum absolute atomic E-state index is 12.9. The third kappa shape index (κ3) is 4.47. The summed E-state index contributed by atoms with van der Waals surface area (Å²) in [6.45, 7) is 1.49. The van der Waals surface area contributed by atoms with E-state index in [9.17, 15) is 18.0 Å². The number of alkyl halides is 3. The summed E-state index contributed by atoms with van der Waals surface area (Å²) >= 11 is 0.897. The van der Waals surface area contributed by atoms with Gasteiger partial charge in [-0.1, -0.05) is 23.9 Å². The van der Waals surface area contributed by atoms with Crippen molar-refractivity contribution < 1.29 is 18.0 Å². The smallest absolute Gasteiger partial charge is 0.368 e. The lowest BCUT2D eigenvalue weighted by Gasteiger charge is -2.15. The fourth-order valence-corrected chi connectivity index (χ4v) is 2.50. The SMILES string of the molecule is C[C@@H](Sc1nc(N)nc(N)n1)C(=O)Nc1ccccc1C(F)(F)F. The Labute approximate surface area is 139 Å². The number of anilines is 3. The third-order valence-corrected chi connectivity index (χ3v) is 3.75. The van der Waals surface area contributed by atoms with Crippen LogP contribution >= 0.6 is 11.8 Å². The number of thioether (sulfide) groups is 1. The monoisotopic (exact) mass is 358 g/mol. The van der Waals surface area contributed by atoms with Gasteiger partial charge in [-0.15, -0.1) is 0 Å². The van der Waals surface area contributed by atoms with Crippen molar-refractivity contribution in [2.24, 2.45) is 0 Å². The Bertz CT molecular complexity index is 734. The molecule has 11 heteroatoms. The van der Waals surface area contributed by atoms with Crippen LogP contribution in [-0.4, -0.2) is 26.1 Å². The van der Waals surface area contributed by atoms with Gasteiger partial charge in [0.25, 0.3) is 0 Å². The third-order valence-electron chi connectivity index (χ3n) is 2.79. The molecule has 0 aliphatic carbocycles. The lowest BCUT2D eigenvalue weighted by Crippen LogP contribution is -2.24. The van der Waals surface area contributed by atoms with Gasteiger partial charge >= 0.3 is 6.18 Å². The van der Waals surface area contributed by atoms with Crippen LogP contribution < -0.4 is 16.8 Å². The second-order valence-corrected chi connectivity index (χ2v) is 5.94. The van der Waals surface area contributed by atoms with Crippen molar-refractivity contribution in [3.63, 3.8) is 0 Å². The largest absolute Gasteiger partial charge is 0.418 e. The van der Waals surface area contributed by atoms with Crippen LogP contribution in [-0.2, 0) is 11.0 Å². The summed E-state index contributed by atoms with van der Waals surface area (Å²) < 4.78 is 38.8. The average Bonchev–Trinajstić information content (AvgIpc) is 2.45. The van der Waals surface area contributed by atoms with Gasteiger partial charge in [-0.25, -0.2) is 0 Å². The molecule has 0 saturated heterocycles. The molecule has 0 radical (unpaired) electrons. The Morgan fingerprint density at radius 1 is 1.17 bits per heavy atom. The Kier molecular flexibility index (Phi) is 5.12. The maximum Gasteiger partial charge on any atom is 0.418 e. The number of nitrogens with one attached hydrogen (secondary N) is 1. The van der Waals surface area contributed by atoms with Crippen molar-refractivity contribution in [1.82, 2.24) is 15.0 Å². The summed E-state index contributed by atoms with van der Waals surface area (Å²) in [6, 6.07) is 4.71. The maximum atomic E-state index is 12.9. The molecule has 1 aromatic carbocycles. The van der Waals surface area contributed by atoms with Crippen molar-refractivity contribution in [1.29, 1.82) is 0 Å². The number of benzene rings is 1. The van der Waals surface area contributed by atoms with E-state index >= 15 is 0 Å². The zero-order valence-corrected chi connectivity index (χ0v) is 13.1. The summed E-state index contributed by atoms with van der Waals surface area (Å²) in [7, 11) is 0. The quantitative estimate of drug-likeness (QED) is 0.716. The summed E-state index contributed by atoms with van der Waals surface area (Å²) in [4.78, 5) is 23.3. The molecule has 128 valence electrons. The molecule has 24 heavy (non-hydrogen) atoms. The van der Waals surface area contributed by atoms with E-state index in [1.54, 1.807) is 0 Å². The number of carbonyl (C=O) groups is 1. The van der Waals surface area contributed by atoms with E-state index in [0.717, 1.165) is 17.8 Å². The van der Waals surface area contributed by atoms with E-state index < -0.39 is 22.9 Å². The van der Waals surface area contributed by atoms with E-state index in [1.807, 2.05) is 0 Å². The van der Waals surface area contributed by atoms with Crippen LogP contribution in [0.5, 0.6) is 0 Å². The number of carbonyl (C=O) groups excluding carboxylic acids is 1. The molecule has 2 aromatic rings. The second kappa shape index (κ2) is 6.91. The summed E-state index contributed by atoms with van der Waals surface area (Å²) in [5.74, 6) is -0.866. The minimum Gasteiger partial charge on any atom is -0.368 e. The molecular formula is C13H13F3N6OS. The molecule has 5 N–H and O–H groups in total. The first-order chi connectivity index (χ1) is 11.2. The highest BCUT2D eigenvalue weighted by atomic mass is 32.2. The van der Waals surface area contributed by atoms with E-state index in [4.69, 9.17) is 11.5 Å². The zero-order chi connectivity index (χ0) is 17.9. The lowest BCUT2D eigenvalue weighted by atomic mass is 10.1. The van der Waals surface area contributed by atoms with Gasteiger partial charge in [0.2, 0.25) is 17.8 Å². The van der Waals surface area contributed by atoms with Crippen LogP contribution in [0.25, 0.3) is 0 Å². The van der Waals surface area contributed by atoms with E-state index in [2.05, 4.69) is 20.3 Å². The van der Waals surface area contributed by atoms with E-state index in [0.29, 0.717) is 0 Å². The van der Waals surface area contributed by atoms with Gasteiger partial charge in [0.1, 0.15) is 0 Å². The van der Waals surface area contributed by atoms with Crippen LogP contribution in [0.2, 0.25) is 0 Å². The Hall–Kier alpha value is -2.56. The molecule has 0 aliphatic heterocycles. The van der Waals surface area contributed by atoms with Crippen LogP contribution in [0.15, 0.2) is 29.4 Å². The summed E-state index contributed by atoms with van der Waals surface area (Å²) in [6.07, 6.45) is -4.57. The molecule has 0 fully saturated rings. The molecule has 7 nitrogen and oxygen atoms in total. The Morgan fingerprint density at radius 2 is 1.75 bits per heavy atom. The minimum atomic E-state index is -4.57. The number of nitrogens with two attached hydrogens (primary N) is 2. The predicted molar refractivity (Wildman–Crippen MR) is 84.0 cm³/mol. The Balaban J connectivity index is 2.12. The topological polar surface area (TPSA) is 120 Å². The van der Waals surface area contributed by atoms with E-state index in [-0.39, 0.29) is 22.7 Å². The fraction of sp³-hybridized carbons (Fsp3) is 0.231. The molecule has 0 saturated carbocycles. The van der Waals surface area contributed by atoms with Gasteiger partial charge in [0.05, 0.1) is 16.5 Å². The molecule has 1 amide bonds. The number of amides is 1. The van der Waals surface area contributed by atoms with Crippen molar-refractivity contribution >= 4 is 35.3 Å². The number of para-hydroxylation sites is 1. The number of aromatic nitrogens is 3. The van der Waals surface area contributed by atoms with E-state index in [1.165, 1.54) is 25.1 Å². The molecule has 2 rings (SSSR count). The molecule has 1 heterocycles. The average molecular weight is 358 g/mol. The number of rotatable bonds is 4. The molecule has 0 bridgehead atoms. The van der Waals surface area contributed by atoms with Gasteiger partial charge in [0.15, 0.2) is 5.16 Å². The number of hydrogen-bond acceptors (Lipinski definition) is 7. The highest BCUT2D eigenvalue weighted by Gasteiger charge is 2.34. The number of halogens is 3. The van der Waals surface area contributed by atoms with Crippen molar-refractivity contribution in [2.75, 3.05) is 16.8 Å². The minimum absolute atomic E-state index is 0.103. The summed E-state index contributed by atoms with van der Waals surface area (Å²) in [5, 5.41) is 1.57. The number of nitrogens with zero attached hydrogens (tertiary/aromatic N) is 3. The predicted octanol–water partition coefficient (Wildman–Crippen LogP) is 2.17. The first kappa shape index (κ1) is 17.8. The molecule has 0 spiro atoms. The van der Waals surface area contributed by atoms with Crippen molar-refractivity contribution in [3.8, 4) is 0 Å². The first-order valence-corrected chi connectivity index (χ1v) is 7.45. The van der Waals surface area contributed by atoms with Gasteiger partial charge in [0, 0.05) is 0 Å². The Morgan fingerprint density at radius 3 is 2.33 bits per heavy atom. The van der Waals surface area contributed by atoms with Crippen LogP contribution in [0, 0.1) is 0 Å². The summed E-state index contributed by atoms with van der Waals surface area (Å²) in [5.41, 5.74) is 9.59. The molecule has 0 unspecified atom stereocenters.